The Morgan fingerprint density at radius 3 is 2.67 bits per heavy atom. The predicted molar refractivity (Wildman–Crippen MR) is 78.6 cm³/mol. The average molecular weight is 310 g/mol. The smallest absolute Gasteiger partial charge is 0.241 e. The quantitative estimate of drug-likeness (QED) is 0.485. The molecule has 1 rings (SSSR count). The summed E-state index contributed by atoms with van der Waals surface area (Å²) in [5.41, 5.74) is 5.33. The van der Waals surface area contributed by atoms with Crippen molar-refractivity contribution in [3.8, 4) is 11.8 Å². The highest BCUT2D eigenvalue weighted by atomic mass is 32.2. The largest absolute Gasteiger partial charge is 0.384 e. The van der Waals surface area contributed by atoms with Gasteiger partial charge in [-0.05, 0) is 25.0 Å². The molecule has 0 aliphatic carbocycles. The number of hydrogen-bond acceptors (Lipinski definition) is 4. The van der Waals surface area contributed by atoms with Crippen LogP contribution in [-0.4, -0.2) is 32.6 Å². The number of nitrogens with two attached hydrogens (primary N) is 1. The lowest BCUT2D eigenvalue weighted by Crippen LogP contribution is -2.25. The molecule has 0 bridgehead atoms. The fourth-order valence-electron chi connectivity index (χ4n) is 1.65. The van der Waals surface area contributed by atoms with Gasteiger partial charge in [0.15, 0.2) is 0 Å². The first kappa shape index (κ1) is 17.2. The highest BCUT2D eigenvalue weighted by Crippen LogP contribution is 2.14. The average Bonchev–Trinajstić information content (AvgIpc) is 2.44. The van der Waals surface area contributed by atoms with E-state index >= 15 is 0 Å². The highest BCUT2D eigenvalue weighted by Gasteiger charge is 2.16. The third kappa shape index (κ3) is 5.95. The molecule has 0 saturated heterocycles. The molecule has 0 aromatic heterocycles. The number of carbonyl (C=O) groups is 1. The number of carbonyl (C=O) groups excluding carboxylic acids is 1. The maximum absolute atomic E-state index is 12.2. The Hall–Kier alpha value is -1.88. The van der Waals surface area contributed by atoms with Crippen molar-refractivity contribution in [1.29, 1.82) is 0 Å². The van der Waals surface area contributed by atoms with Gasteiger partial charge in [0.1, 0.15) is 6.61 Å². The summed E-state index contributed by atoms with van der Waals surface area (Å²) in [6.45, 7) is -0.119. The minimum Gasteiger partial charge on any atom is -0.384 e. The maximum Gasteiger partial charge on any atom is 0.241 e. The van der Waals surface area contributed by atoms with E-state index < -0.39 is 15.9 Å². The van der Waals surface area contributed by atoms with Gasteiger partial charge in [-0.3, -0.25) is 4.79 Å². The molecule has 114 valence electrons. The molecule has 6 nitrogen and oxygen atoms in total. The minimum atomic E-state index is -3.67. The van der Waals surface area contributed by atoms with Crippen molar-refractivity contribution in [3.05, 3.63) is 29.8 Å². The minimum absolute atomic E-state index is 0.0702. The Labute approximate surface area is 124 Å². The van der Waals surface area contributed by atoms with E-state index in [-0.39, 0.29) is 24.5 Å². The fraction of sp³-hybridized carbons (Fsp3) is 0.357. The van der Waals surface area contributed by atoms with Crippen molar-refractivity contribution in [3.63, 3.8) is 0 Å². The molecule has 0 fully saturated rings. The van der Waals surface area contributed by atoms with Gasteiger partial charge in [0, 0.05) is 18.5 Å². The van der Waals surface area contributed by atoms with Gasteiger partial charge in [-0.2, -0.15) is 0 Å². The molecule has 0 spiro atoms. The van der Waals surface area contributed by atoms with Gasteiger partial charge in [0.05, 0.1) is 4.90 Å². The lowest BCUT2D eigenvalue weighted by Gasteiger charge is -2.08. The van der Waals surface area contributed by atoms with Gasteiger partial charge in [-0.25, -0.2) is 13.1 Å². The number of aliphatic hydroxyl groups is 1. The van der Waals surface area contributed by atoms with Crippen molar-refractivity contribution in [2.24, 2.45) is 5.73 Å². The van der Waals surface area contributed by atoms with E-state index in [1.54, 1.807) is 18.2 Å². The zero-order chi connectivity index (χ0) is 15.7. The van der Waals surface area contributed by atoms with Crippen LogP contribution in [0.4, 0.5) is 0 Å². The van der Waals surface area contributed by atoms with E-state index in [2.05, 4.69) is 16.6 Å². The zero-order valence-corrected chi connectivity index (χ0v) is 12.3. The van der Waals surface area contributed by atoms with Gasteiger partial charge in [0.25, 0.3) is 0 Å². The normalized spacial score (nSPS) is 10.7. The van der Waals surface area contributed by atoms with Crippen molar-refractivity contribution in [2.45, 2.75) is 24.2 Å². The van der Waals surface area contributed by atoms with Crippen LogP contribution in [0.3, 0.4) is 0 Å². The molecule has 0 radical (unpaired) electrons. The van der Waals surface area contributed by atoms with Crippen molar-refractivity contribution < 1.29 is 18.3 Å². The van der Waals surface area contributed by atoms with Crippen LogP contribution >= 0.6 is 0 Å². The molecule has 4 N–H and O–H groups in total. The van der Waals surface area contributed by atoms with Crippen LogP contribution in [0.2, 0.25) is 0 Å². The van der Waals surface area contributed by atoms with Crippen molar-refractivity contribution >= 4 is 15.9 Å². The van der Waals surface area contributed by atoms with Gasteiger partial charge in [-0.1, -0.05) is 24.0 Å². The second-order valence-electron chi connectivity index (χ2n) is 4.28. The van der Waals surface area contributed by atoms with Gasteiger partial charge >= 0.3 is 0 Å². The number of primary amides is 1. The molecule has 0 heterocycles. The second-order valence-corrected chi connectivity index (χ2v) is 6.01. The van der Waals surface area contributed by atoms with E-state index in [1.165, 1.54) is 6.07 Å². The molecule has 7 heteroatoms. The Balaban J connectivity index is 2.72. The van der Waals surface area contributed by atoms with Crippen LogP contribution < -0.4 is 10.5 Å². The number of sulfonamides is 1. The lowest BCUT2D eigenvalue weighted by molar-refractivity contribution is -0.118. The predicted octanol–water partition coefficient (Wildman–Crippen LogP) is -0.0357. The third-order valence-electron chi connectivity index (χ3n) is 2.62. The van der Waals surface area contributed by atoms with E-state index in [1.807, 2.05) is 0 Å². The van der Waals surface area contributed by atoms with Crippen LogP contribution in [0.5, 0.6) is 0 Å². The number of amides is 1. The van der Waals surface area contributed by atoms with Gasteiger partial charge in [0.2, 0.25) is 15.9 Å². The molecule has 1 aromatic carbocycles. The van der Waals surface area contributed by atoms with Crippen molar-refractivity contribution in [2.75, 3.05) is 13.2 Å². The summed E-state index contributed by atoms with van der Waals surface area (Å²) in [4.78, 5) is 10.6. The number of benzene rings is 1. The van der Waals surface area contributed by atoms with E-state index in [9.17, 15) is 13.2 Å². The summed E-state index contributed by atoms with van der Waals surface area (Å²) in [5.74, 6) is 4.63. The van der Waals surface area contributed by atoms with Crippen LogP contribution in [0.1, 0.15) is 24.8 Å². The molecule has 0 atom stereocenters. The molecule has 0 saturated carbocycles. The number of rotatable bonds is 7. The number of unbranched alkanes of at least 4 members (excludes halogenated alkanes) is 1. The first-order valence-electron chi connectivity index (χ1n) is 6.44. The third-order valence-corrected chi connectivity index (χ3v) is 4.14. The summed E-state index contributed by atoms with van der Waals surface area (Å²) in [6, 6.07) is 6.30. The highest BCUT2D eigenvalue weighted by molar-refractivity contribution is 7.89. The van der Waals surface area contributed by atoms with E-state index in [0.717, 1.165) is 0 Å². The molecule has 0 aliphatic rings. The first-order chi connectivity index (χ1) is 9.97. The monoisotopic (exact) mass is 310 g/mol. The molecular formula is C14H18N2O4S. The number of nitrogens with one attached hydrogen (secondary N) is 1. The maximum atomic E-state index is 12.2. The summed E-state index contributed by atoms with van der Waals surface area (Å²) >= 11 is 0. The Morgan fingerprint density at radius 2 is 2.00 bits per heavy atom. The summed E-state index contributed by atoms with van der Waals surface area (Å²) in [6.07, 6.45) is 1.29. The van der Waals surface area contributed by atoms with Gasteiger partial charge < -0.3 is 10.8 Å². The Morgan fingerprint density at radius 1 is 1.29 bits per heavy atom. The molecule has 1 aromatic rings. The summed E-state index contributed by atoms with van der Waals surface area (Å²) < 4.78 is 26.8. The van der Waals surface area contributed by atoms with Crippen LogP contribution in [0, 0.1) is 11.8 Å². The lowest BCUT2D eigenvalue weighted by atomic mass is 10.2. The van der Waals surface area contributed by atoms with Crippen molar-refractivity contribution in [1.82, 2.24) is 4.72 Å². The summed E-state index contributed by atoms with van der Waals surface area (Å²) in [7, 11) is -3.67. The van der Waals surface area contributed by atoms with Crippen LogP contribution in [0.25, 0.3) is 0 Å². The fourth-order valence-corrected chi connectivity index (χ4v) is 2.88. The topological polar surface area (TPSA) is 109 Å². The Bertz CT molecular complexity index is 644. The van der Waals surface area contributed by atoms with Crippen LogP contribution in [-0.2, 0) is 14.8 Å². The standard InChI is InChI=1S/C14H18N2O4S/c15-14(18)9-3-4-10-16-21(19,20)13-8-2-1-6-12(13)7-5-11-17/h1-2,6,8,16-17H,3-4,9-11H2,(H2,15,18). The molecule has 0 unspecified atom stereocenters. The molecule has 0 aliphatic heterocycles. The van der Waals surface area contributed by atoms with Gasteiger partial charge in [-0.15, -0.1) is 0 Å². The molecular weight excluding hydrogens is 292 g/mol. The first-order valence-corrected chi connectivity index (χ1v) is 7.92. The zero-order valence-electron chi connectivity index (χ0n) is 11.5. The van der Waals surface area contributed by atoms with E-state index in [0.29, 0.717) is 18.4 Å². The molecule has 1 amide bonds. The van der Waals surface area contributed by atoms with Crippen LogP contribution in [0.15, 0.2) is 29.2 Å². The van der Waals surface area contributed by atoms with E-state index in [4.69, 9.17) is 10.8 Å². The number of aliphatic hydroxyl groups excluding tert-OH is 1. The second kappa shape index (κ2) is 8.42. The Kier molecular flexibility index (Phi) is 6.88. The SMILES string of the molecule is NC(=O)CCCCNS(=O)(=O)c1ccccc1C#CCO. The molecule has 21 heavy (non-hydrogen) atoms. The number of hydrogen-bond donors (Lipinski definition) is 3. The summed E-state index contributed by atoms with van der Waals surface area (Å²) in [5, 5.41) is 8.69.